The van der Waals surface area contributed by atoms with Gasteiger partial charge in [0.2, 0.25) is 5.91 Å². The summed E-state index contributed by atoms with van der Waals surface area (Å²) in [5.74, 6) is 0.940. The van der Waals surface area contributed by atoms with E-state index in [9.17, 15) is 9.59 Å². The van der Waals surface area contributed by atoms with Crippen molar-refractivity contribution in [2.24, 2.45) is 0 Å². The van der Waals surface area contributed by atoms with E-state index in [1.54, 1.807) is 9.13 Å². The number of fused-ring (bicyclic) bond motifs is 1. The predicted molar refractivity (Wildman–Crippen MR) is 148 cm³/mol. The fourth-order valence-corrected chi connectivity index (χ4v) is 6.56. The van der Waals surface area contributed by atoms with Crippen LogP contribution in [-0.4, -0.2) is 50.4 Å². The van der Waals surface area contributed by atoms with Crippen molar-refractivity contribution in [3.8, 4) is 17.1 Å². The van der Waals surface area contributed by atoms with Gasteiger partial charge in [-0.1, -0.05) is 53.4 Å². The number of carbonyl (C=O) groups excluding carboxylic acids is 1. The lowest BCUT2D eigenvalue weighted by atomic mass is 10.2. The molecule has 2 aromatic carbocycles. The first-order valence-corrected chi connectivity index (χ1v) is 14.1. The van der Waals surface area contributed by atoms with Gasteiger partial charge in [0, 0.05) is 13.1 Å². The Balaban J connectivity index is 1.70. The van der Waals surface area contributed by atoms with Gasteiger partial charge in [-0.15, -0.1) is 0 Å². The number of thiazole rings is 1. The van der Waals surface area contributed by atoms with E-state index in [-0.39, 0.29) is 17.2 Å². The third kappa shape index (κ3) is 4.60. The summed E-state index contributed by atoms with van der Waals surface area (Å²) in [6.45, 7) is 5.96. The van der Waals surface area contributed by atoms with E-state index in [0.29, 0.717) is 31.8 Å². The molecule has 10 heteroatoms. The summed E-state index contributed by atoms with van der Waals surface area (Å²) < 4.78 is 10.2. The molecule has 0 bridgehead atoms. The van der Waals surface area contributed by atoms with Crippen LogP contribution in [0.5, 0.6) is 5.75 Å². The lowest BCUT2D eigenvalue weighted by Gasteiger charge is -2.17. The molecule has 1 aliphatic rings. The zero-order valence-corrected chi connectivity index (χ0v) is 22.5. The number of benzene rings is 2. The minimum absolute atomic E-state index is 0.0621. The molecule has 5 rings (SSSR count). The lowest BCUT2D eigenvalue weighted by molar-refractivity contribution is -0.127. The van der Waals surface area contributed by atoms with Crippen LogP contribution in [0.15, 0.2) is 58.5 Å². The molecular weight excluding hydrogens is 513 g/mol. The van der Waals surface area contributed by atoms with Crippen LogP contribution in [0.2, 0.25) is 0 Å². The number of carbonyl (C=O) groups is 1. The molecule has 0 unspecified atom stereocenters. The van der Waals surface area contributed by atoms with Gasteiger partial charge in [-0.25, -0.2) is 4.98 Å². The molecule has 0 aliphatic carbocycles. The second kappa shape index (κ2) is 10.6. The van der Waals surface area contributed by atoms with E-state index >= 15 is 0 Å². The third-order valence-electron chi connectivity index (χ3n) is 6.12. The number of aryl methyl sites for hydroxylation is 1. The van der Waals surface area contributed by atoms with E-state index in [4.69, 9.17) is 21.9 Å². The Labute approximate surface area is 222 Å². The highest BCUT2D eigenvalue weighted by molar-refractivity contribution is 7.99. The Morgan fingerprint density at radius 1 is 1.08 bits per heavy atom. The van der Waals surface area contributed by atoms with Crippen LogP contribution in [0.25, 0.3) is 21.7 Å². The second-order valence-corrected chi connectivity index (χ2v) is 11.0. The van der Waals surface area contributed by atoms with Crippen molar-refractivity contribution >= 4 is 51.6 Å². The molecule has 1 aliphatic heterocycles. The summed E-state index contributed by atoms with van der Waals surface area (Å²) in [5, 5.41) is 0.463. The number of nitrogens with zero attached hydrogens (tertiary/aromatic N) is 4. The standard InChI is InChI=1S/C26H26N4O3S3/c1-3-33-20-13-7-6-12-19(20)29-23-22(36-26(29)34)24(32)30(18-11-5-4-10-17(18)2)25(27-23)35-16-21(31)28-14-8-9-15-28/h4-7,10-13H,3,8-9,14-16H2,1-2H3. The number of hydrogen-bond donors (Lipinski definition) is 0. The highest BCUT2D eigenvalue weighted by Crippen LogP contribution is 2.32. The zero-order chi connectivity index (χ0) is 25.2. The Morgan fingerprint density at radius 3 is 2.50 bits per heavy atom. The molecule has 7 nitrogen and oxygen atoms in total. The average molecular weight is 539 g/mol. The number of amides is 1. The Hall–Kier alpha value is -2.95. The van der Waals surface area contributed by atoms with E-state index in [0.717, 1.165) is 42.9 Å². The lowest BCUT2D eigenvalue weighted by Crippen LogP contribution is -2.30. The zero-order valence-electron chi connectivity index (χ0n) is 20.1. The van der Waals surface area contributed by atoms with Gasteiger partial charge in [0.05, 0.1) is 23.7 Å². The molecule has 0 N–H and O–H groups in total. The first-order chi connectivity index (χ1) is 17.5. The number of para-hydroxylation sites is 3. The molecule has 0 radical (unpaired) electrons. The Morgan fingerprint density at radius 2 is 1.78 bits per heavy atom. The molecule has 0 atom stereocenters. The quantitative estimate of drug-likeness (QED) is 0.179. The summed E-state index contributed by atoms with van der Waals surface area (Å²) in [5.41, 5.74) is 2.70. The molecule has 1 saturated heterocycles. The van der Waals surface area contributed by atoms with E-state index in [2.05, 4.69) is 0 Å². The van der Waals surface area contributed by atoms with Crippen molar-refractivity contribution in [2.75, 3.05) is 25.4 Å². The first-order valence-electron chi connectivity index (χ1n) is 11.9. The van der Waals surface area contributed by atoms with Crippen LogP contribution in [-0.2, 0) is 4.79 Å². The number of aromatic nitrogens is 3. The van der Waals surface area contributed by atoms with Crippen LogP contribution >= 0.6 is 35.3 Å². The monoisotopic (exact) mass is 538 g/mol. The summed E-state index contributed by atoms with van der Waals surface area (Å²) in [6, 6.07) is 15.3. The van der Waals surface area contributed by atoms with Crippen LogP contribution in [0.3, 0.4) is 0 Å². The number of rotatable bonds is 7. The average Bonchev–Trinajstić information content (AvgIpc) is 3.52. The molecular formula is C26H26N4O3S3. The predicted octanol–water partition coefficient (Wildman–Crippen LogP) is 5.39. The van der Waals surface area contributed by atoms with Crippen molar-refractivity contribution in [3.63, 3.8) is 0 Å². The van der Waals surface area contributed by atoms with Crippen LogP contribution in [0.4, 0.5) is 0 Å². The van der Waals surface area contributed by atoms with E-state index < -0.39 is 0 Å². The molecule has 1 amide bonds. The van der Waals surface area contributed by atoms with Crippen LogP contribution in [0, 0.1) is 10.9 Å². The second-order valence-electron chi connectivity index (χ2n) is 8.45. The van der Waals surface area contributed by atoms with Gasteiger partial charge in [0.1, 0.15) is 10.4 Å². The largest absolute Gasteiger partial charge is 0.492 e. The van der Waals surface area contributed by atoms with Crippen molar-refractivity contribution in [3.05, 3.63) is 68.4 Å². The van der Waals surface area contributed by atoms with Crippen molar-refractivity contribution in [1.82, 2.24) is 19.0 Å². The summed E-state index contributed by atoms with van der Waals surface area (Å²) in [6.07, 6.45) is 2.06. The van der Waals surface area contributed by atoms with Gasteiger partial charge in [-0.2, -0.15) is 0 Å². The molecule has 1 fully saturated rings. The van der Waals surface area contributed by atoms with Gasteiger partial charge >= 0.3 is 0 Å². The first kappa shape index (κ1) is 24.7. The van der Waals surface area contributed by atoms with E-state index in [1.807, 2.05) is 67.3 Å². The molecule has 3 heterocycles. The van der Waals surface area contributed by atoms with Crippen molar-refractivity contribution < 1.29 is 9.53 Å². The summed E-state index contributed by atoms with van der Waals surface area (Å²) >= 11 is 8.24. The van der Waals surface area contributed by atoms with Crippen LogP contribution in [0.1, 0.15) is 25.3 Å². The highest BCUT2D eigenvalue weighted by atomic mass is 32.2. The molecule has 0 saturated carbocycles. The number of thioether (sulfide) groups is 1. The van der Waals surface area contributed by atoms with Gasteiger partial charge in [-0.3, -0.25) is 18.7 Å². The molecule has 36 heavy (non-hydrogen) atoms. The highest BCUT2D eigenvalue weighted by Gasteiger charge is 2.23. The van der Waals surface area contributed by atoms with Crippen molar-refractivity contribution in [2.45, 2.75) is 31.8 Å². The third-order valence-corrected chi connectivity index (χ3v) is 8.40. The van der Waals surface area contributed by atoms with E-state index in [1.165, 1.54) is 23.1 Å². The Bertz CT molecular complexity index is 1550. The maximum Gasteiger partial charge on any atom is 0.278 e. The molecule has 4 aromatic rings. The molecule has 2 aromatic heterocycles. The molecule has 186 valence electrons. The Kier molecular flexibility index (Phi) is 7.27. The van der Waals surface area contributed by atoms with Gasteiger partial charge < -0.3 is 9.64 Å². The van der Waals surface area contributed by atoms with Gasteiger partial charge in [0.15, 0.2) is 14.8 Å². The fourth-order valence-electron chi connectivity index (χ4n) is 4.38. The van der Waals surface area contributed by atoms with Gasteiger partial charge in [0.25, 0.3) is 5.56 Å². The SMILES string of the molecule is CCOc1ccccc1-n1c(=S)sc2c(=O)n(-c3ccccc3C)c(SCC(=O)N3CCCC3)nc21. The smallest absolute Gasteiger partial charge is 0.278 e. The maximum atomic E-state index is 13.9. The topological polar surface area (TPSA) is 69.4 Å². The molecule has 0 spiro atoms. The van der Waals surface area contributed by atoms with Crippen LogP contribution < -0.4 is 10.3 Å². The maximum absolute atomic E-state index is 13.9. The van der Waals surface area contributed by atoms with Crippen molar-refractivity contribution in [1.29, 1.82) is 0 Å². The number of hydrogen-bond acceptors (Lipinski definition) is 7. The number of likely N-dealkylation sites (tertiary alicyclic amines) is 1. The fraction of sp³-hybridized carbons (Fsp3) is 0.308. The normalized spacial score (nSPS) is 13.4. The number of ether oxygens (including phenoxy) is 1. The summed E-state index contributed by atoms with van der Waals surface area (Å²) in [7, 11) is 0. The minimum Gasteiger partial charge on any atom is -0.492 e. The summed E-state index contributed by atoms with van der Waals surface area (Å²) in [4.78, 5) is 33.6. The van der Waals surface area contributed by atoms with Gasteiger partial charge in [-0.05, 0) is 62.7 Å². The minimum atomic E-state index is -0.200.